The zero-order valence-electron chi connectivity index (χ0n) is 15.3. The molecule has 12 heteroatoms. The van der Waals surface area contributed by atoms with E-state index in [4.69, 9.17) is 4.55 Å². The first-order chi connectivity index (χ1) is 13.1. The summed E-state index contributed by atoms with van der Waals surface area (Å²) in [7, 11) is -4.85. The van der Waals surface area contributed by atoms with Crippen LogP contribution in [0.2, 0.25) is 0 Å². The van der Waals surface area contributed by atoms with E-state index in [9.17, 15) is 33.6 Å². The maximum absolute atomic E-state index is 12.0. The Morgan fingerprint density at radius 1 is 1.21 bits per heavy atom. The number of carbonyl (C=O) groups is 1. The minimum Gasteiger partial charge on any atom is -0.388 e. The standard InChI is InChI=1S/C16H28N2O9S/c19-12(8-27-28(24,25)26)13(20)14(21)15(22)16(23)17-6-5-9-7-18-11-4-2-1-3-10(9)11/h7,10-15,18-22H,1-6,8H2,(H,17,23)(H,24,25,26)/t10?,11?,12-,13-,14+,15-/m1/s1. The van der Waals surface area contributed by atoms with Gasteiger partial charge in [0.1, 0.15) is 18.3 Å². The lowest BCUT2D eigenvalue weighted by Crippen LogP contribution is -2.52. The van der Waals surface area contributed by atoms with Crippen molar-refractivity contribution in [1.82, 2.24) is 10.6 Å². The highest BCUT2D eigenvalue weighted by molar-refractivity contribution is 7.80. The minimum atomic E-state index is -4.85. The molecule has 162 valence electrons. The van der Waals surface area contributed by atoms with E-state index in [1.165, 1.54) is 18.4 Å². The fourth-order valence-corrected chi connectivity index (χ4v) is 3.92. The van der Waals surface area contributed by atoms with Gasteiger partial charge in [-0.15, -0.1) is 0 Å². The first-order valence-corrected chi connectivity index (χ1v) is 10.5. The third-order valence-corrected chi connectivity index (χ3v) is 5.60. The van der Waals surface area contributed by atoms with Crippen molar-refractivity contribution in [3.05, 3.63) is 11.8 Å². The van der Waals surface area contributed by atoms with Crippen molar-refractivity contribution >= 4 is 16.3 Å². The van der Waals surface area contributed by atoms with Gasteiger partial charge in [-0.05, 0) is 31.0 Å². The van der Waals surface area contributed by atoms with Crippen LogP contribution in [0.3, 0.4) is 0 Å². The van der Waals surface area contributed by atoms with Gasteiger partial charge >= 0.3 is 10.4 Å². The van der Waals surface area contributed by atoms with Crippen LogP contribution >= 0.6 is 0 Å². The minimum absolute atomic E-state index is 0.226. The monoisotopic (exact) mass is 424 g/mol. The van der Waals surface area contributed by atoms with Crippen LogP contribution in [0, 0.1) is 5.92 Å². The molecule has 2 aliphatic rings. The van der Waals surface area contributed by atoms with Crippen LogP contribution in [-0.2, 0) is 19.4 Å². The van der Waals surface area contributed by atoms with Crippen LogP contribution in [0.5, 0.6) is 0 Å². The highest BCUT2D eigenvalue weighted by atomic mass is 32.3. The lowest BCUT2D eigenvalue weighted by atomic mass is 9.81. The van der Waals surface area contributed by atoms with Crippen molar-refractivity contribution in [3.8, 4) is 0 Å². The molecule has 1 fully saturated rings. The Hall–Kier alpha value is -1.28. The average molecular weight is 424 g/mol. The summed E-state index contributed by atoms with van der Waals surface area (Å²) < 4.78 is 33.2. The van der Waals surface area contributed by atoms with Crippen molar-refractivity contribution in [3.63, 3.8) is 0 Å². The summed E-state index contributed by atoms with van der Waals surface area (Å²) in [4.78, 5) is 12.0. The zero-order valence-corrected chi connectivity index (χ0v) is 16.1. The Bertz CT molecular complexity index is 669. The molecule has 1 heterocycles. The van der Waals surface area contributed by atoms with Crippen LogP contribution < -0.4 is 10.6 Å². The largest absolute Gasteiger partial charge is 0.397 e. The smallest absolute Gasteiger partial charge is 0.388 e. The molecule has 0 aromatic carbocycles. The van der Waals surface area contributed by atoms with Crippen molar-refractivity contribution in [2.45, 2.75) is 62.6 Å². The van der Waals surface area contributed by atoms with Gasteiger partial charge in [-0.1, -0.05) is 12.8 Å². The summed E-state index contributed by atoms with van der Waals surface area (Å²) in [5, 5.41) is 44.7. The second kappa shape index (κ2) is 9.96. The molecule has 1 aliphatic heterocycles. The van der Waals surface area contributed by atoms with Gasteiger partial charge in [-0.3, -0.25) is 9.35 Å². The zero-order chi connectivity index (χ0) is 20.9. The number of hydrogen-bond acceptors (Lipinski definition) is 9. The van der Waals surface area contributed by atoms with Gasteiger partial charge in [-0.2, -0.15) is 8.42 Å². The molecule has 0 saturated heterocycles. The van der Waals surface area contributed by atoms with Gasteiger partial charge in [0.15, 0.2) is 6.10 Å². The number of amides is 1. The number of carbonyl (C=O) groups excluding carboxylic acids is 1. The molecule has 11 nitrogen and oxygen atoms in total. The van der Waals surface area contributed by atoms with Crippen LogP contribution in [0.1, 0.15) is 32.1 Å². The SMILES string of the molecule is O=C(NCCC1=CNC2CCCCC12)[C@H](O)[C@@H](O)[C@H](O)[C@H](O)COS(=O)(=O)O. The molecule has 0 aromatic rings. The molecular weight excluding hydrogens is 396 g/mol. The third-order valence-electron chi connectivity index (χ3n) is 5.16. The van der Waals surface area contributed by atoms with E-state index in [0.29, 0.717) is 18.4 Å². The van der Waals surface area contributed by atoms with E-state index in [0.717, 1.165) is 12.8 Å². The summed E-state index contributed by atoms with van der Waals surface area (Å²) in [6.45, 7) is -0.834. The molecule has 1 aliphatic carbocycles. The molecule has 0 radical (unpaired) electrons. The number of nitrogens with one attached hydrogen (secondary N) is 2. The van der Waals surface area contributed by atoms with Crippen LogP contribution in [0.15, 0.2) is 11.8 Å². The summed E-state index contributed by atoms with van der Waals surface area (Å²) in [5.74, 6) is -0.498. The summed E-state index contributed by atoms with van der Waals surface area (Å²) in [5.41, 5.74) is 1.19. The molecule has 0 aromatic heterocycles. The second-order valence-corrected chi connectivity index (χ2v) is 8.22. The third kappa shape index (κ3) is 6.37. The van der Waals surface area contributed by atoms with E-state index in [1.54, 1.807) is 0 Å². The van der Waals surface area contributed by atoms with Crippen molar-refractivity contribution in [1.29, 1.82) is 0 Å². The summed E-state index contributed by atoms with van der Waals surface area (Å²) in [6, 6.07) is 0.438. The number of fused-ring (bicyclic) bond motifs is 1. The van der Waals surface area contributed by atoms with Crippen LogP contribution in [-0.4, -0.2) is 82.9 Å². The quantitative estimate of drug-likeness (QED) is 0.190. The van der Waals surface area contributed by atoms with Gasteiger partial charge in [-0.25, -0.2) is 4.18 Å². The van der Waals surface area contributed by atoms with E-state index >= 15 is 0 Å². The molecule has 7 N–H and O–H groups in total. The highest BCUT2D eigenvalue weighted by Crippen LogP contribution is 2.34. The van der Waals surface area contributed by atoms with E-state index in [-0.39, 0.29) is 6.54 Å². The maximum Gasteiger partial charge on any atom is 0.397 e. The van der Waals surface area contributed by atoms with E-state index in [1.807, 2.05) is 6.20 Å². The first kappa shape index (κ1) is 23.0. The number of rotatable bonds is 10. The van der Waals surface area contributed by atoms with E-state index < -0.39 is 47.3 Å². The molecule has 1 saturated carbocycles. The molecule has 0 bridgehead atoms. The topological polar surface area (TPSA) is 186 Å². The normalized spacial score (nSPS) is 26.4. The highest BCUT2D eigenvalue weighted by Gasteiger charge is 2.35. The lowest BCUT2D eigenvalue weighted by molar-refractivity contribution is -0.148. The maximum atomic E-state index is 12.0. The molecule has 1 amide bonds. The predicted octanol–water partition coefficient (Wildman–Crippen LogP) is -2.20. The van der Waals surface area contributed by atoms with Gasteiger partial charge < -0.3 is 31.1 Å². The predicted molar refractivity (Wildman–Crippen MR) is 96.1 cm³/mol. The van der Waals surface area contributed by atoms with Crippen molar-refractivity contribution < 1.29 is 42.4 Å². The molecule has 28 heavy (non-hydrogen) atoms. The fourth-order valence-electron chi connectivity index (χ4n) is 3.61. The van der Waals surface area contributed by atoms with E-state index in [2.05, 4.69) is 14.8 Å². The second-order valence-electron chi connectivity index (χ2n) is 7.13. The number of hydrogen-bond donors (Lipinski definition) is 7. The Labute approximate surface area is 163 Å². The van der Waals surface area contributed by atoms with Crippen LogP contribution in [0.25, 0.3) is 0 Å². The van der Waals surface area contributed by atoms with Gasteiger partial charge in [0.2, 0.25) is 0 Å². The molecule has 2 unspecified atom stereocenters. The average Bonchev–Trinajstić information content (AvgIpc) is 3.06. The van der Waals surface area contributed by atoms with Crippen LogP contribution in [0.4, 0.5) is 0 Å². The molecule has 0 spiro atoms. The summed E-state index contributed by atoms with van der Waals surface area (Å²) >= 11 is 0. The Kier molecular flexibility index (Phi) is 8.18. The molecular formula is C16H28N2O9S. The summed E-state index contributed by atoms with van der Waals surface area (Å²) in [6.07, 6.45) is -1.06. The van der Waals surface area contributed by atoms with Gasteiger partial charge in [0.05, 0.1) is 6.61 Å². The Balaban J connectivity index is 1.75. The number of aliphatic hydroxyl groups is 4. The van der Waals surface area contributed by atoms with Crippen molar-refractivity contribution in [2.75, 3.05) is 13.2 Å². The number of aliphatic hydroxyl groups excluding tert-OH is 4. The Morgan fingerprint density at radius 3 is 2.57 bits per heavy atom. The Morgan fingerprint density at radius 2 is 1.89 bits per heavy atom. The molecule has 2 rings (SSSR count). The fraction of sp³-hybridized carbons (Fsp3) is 0.812. The van der Waals surface area contributed by atoms with Gasteiger partial charge in [0, 0.05) is 18.5 Å². The first-order valence-electron chi connectivity index (χ1n) is 9.17. The van der Waals surface area contributed by atoms with Gasteiger partial charge in [0.25, 0.3) is 5.91 Å². The molecule has 6 atom stereocenters. The van der Waals surface area contributed by atoms with Crippen molar-refractivity contribution in [2.24, 2.45) is 5.92 Å². The lowest BCUT2D eigenvalue weighted by Gasteiger charge is -2.27.